The summed E-state index contributed by atoms with van der Waals surface area (Å²) < 4.78 is 0. The molecule has 120 valence electrons. The lowest BCUT2D eigenvalue weighted by molar-refractivity contribution is -0.139. The van der Waals surface area contributed by atoms with Gasteiger partial charge in [0, 0.05) is 19.0 Å². The van der Waals surface area contributed by atoms with Crippen molar-refractivity contribution in [2.24, 2.45) is 11.8 Å². The van der Waals surface area contributed by atoms with Crippen LogP contribution < -0.4 is 10.6 Å². The van der Waals surface area contributed by atoms with E-state index in [4.69, 9.17) is 0 Å². The first-order valence-electron chi connectivity index (χ1n) is 7.83. The lowest BCUT2D eigenvalue weighted by Crippen LogP contribution is -2.54. The lowest BCUT2D eigenvalue weighted by atomic mass is 9.83. The molecular formula is C16H28N2O3. The van der Waals surface area contributed by atoms with Crippen LogP contribution in [0.4, 0.5) is 0 Å². The number of amides is 1. The topological polar surface area (TPSA) is 78.4 Å². The molecule has 0 bridgehead atoms. The van der Waals surface area contributed by atoms with E-state index in [1.165, 1.54) is 6.92 Å². The Labute approximate surface area is 127 Å². The number of carbonyl (C=O) groups is 2. The molecule has 3 N–H and O–H groups in total. The van der Waals surface area contributed by atoms with Gasteiger partial charge in [0.25, 0.3) is 0 Å². The second-order valence-corrected chi connectivity index (χ2v) is 5.81. The van der Waals surface area contributed by atoms with Crippen LogP contribution in [0.15, 0.2) is 12.2 Å². The molecule has 0 saturated carbocycles. The van der Waals surface area contributed by atoms with Gasteiger partial charge >= 0.3 is 5.97 Å². The Morgan fingerprint density at radius 1 is 1.38 bits per heavy atom. The van der Waals surface area contributed by atoms with E-state index in [0.717, 1.165) is 12.8 Å². The van der Waals surface area contributed by atoms with Gasteiger partial charge in [-0.1, -0.05) is 38.8 Å². The van der Waals surface area contributed by atoms with Gasteiger partial charge in [-0.05, 0) is 25.2 Å². The predicted octanol–water partition coefficient (Wildman–Crippen LogP) is 1.93. The average molecular weight is 296 g/mol. The van der Waals surface area contributed by atoms with Crippen molar-refractivity contribution < 1.29 is 14.7 Å². The molecule has 1 fully saturated rings. The van der Waals surface area contributed by atoms with Crippen molar-refractivity contribution in [2.45, 2.75) is 65.1 Å². The number of carboxylic acid groups (broad SMARTS) is 1. The first kappa shape index (κ1) is 17.7. The fourth-order valence-electron chi connectivity index (χ4n) is 3.36. The molecule has 4 unspecified atom stereocenters. The molecule has 0 aromatic rings. The van der Waals surface area contributed by atoms with E-state index in [9.17, 15) is 14.7 Å². The Kier molecular flexibility index (Phi) is 6.89. The number of allylic oxidation sites excluding steroid dienone is 1. The molecule has 1 heterocycles. The number of nitrogens with one attached hydrogen (secondary N) is 2. The highest BCUT2D eigenvalue weighted by Gasteiger charge is 2.42. The minimum absolute atomic E-state index is 0.0314. The third-order valence-corrected chi connectivity index (χ3v) is 4.41. The first-order chi connectivity index (χ1) is 9.94. The van der Waals surface area contributed by atoms with Gasteiger partial charge < -0.3 is 10.4 Å². The number of hydrogen-bond donors (Lipinski definition) is 3. The third-order valence-electron chi connectivity index (χ3n) is 4.41. The van der Waals surface area contributed by atoms with Crippen LogP contribution in [-0.4, -0.2) is 35.1 Å². The van der Waals surface area contributed by atoms with Crippen LogP contribution in [0.25, 0.3) is 0 Å². The van der Waals surface area contributed by atoms with E-state index >= 15 is 0 Å². The second kappa shape index (κ2) is 8.17. The van der Waals surface area contributed by atoms with Crippen molar-refractivity contribution in [3.63, 3.8) is 0 Å². The van der Waals surface area contributed by atoms with E-state index in [1.807, 2.05) is 13.0 Å². The second-order valence-electron chi connectivity index (χ2n) is 5.81. The number of carbonyl (C=O) groups excluding carboxylic acids is 1. The minimum Gasteiger partial charge on any atom is -0.480 e. The Balaban J connectivity index is 3.01. The Bertz CT molecular complexity index is 391. The summed E-state index contributed by atoms with van der Waals surface area (Å²) in [6, 6.07) is -0.610. The minimum atomic E-state index is -0.821. The summed E-state index contributed by atoms with van der Waals surface area (Å²) in [5.41, 5.74) is 0. The van der Waals surface area contributed by atoms with Crippen molar-refractivity contribution in [1.29, 1.82) is 0 Å². The highest BCUT2D eigenvalue weighted by molar-refractivity contribution is 5.75. The van der Waals surface area contributed by atoms with Gasteiger partial charge in [0.1, 0.15) is 6.04 Å². The van der Waals surface area contributed by atoms with Gasteiger partial charge in [0.2, 0.25) is 5.91 Å². The van der Waals surface area contributed by atoms with E-state index in [2.05, 4.69) is 30.6 Å². The molecule has 5 nitrogen and oxygen atoms in total. The molecule has 0 aliphatic carbocycles. The smallest absolute Gasteiger partial charge is 0.320 e. The van der Waals surface area contributed by atoms with Crippen LogP contribution >= 0.6 is 0 Å². The number of aliphatic carboxylic acids is 1. The molecule has 1 rings (SSSR count). The maximum absolute atomic E-state index is 11.6. The number of carboxylic acids is 1. The average Bonchev–Trinajstić information content (AvgIpc) is 2.83. The van der Waals surface area contributed by atoms with Gasteiger partial charge in [-0.3, -0.25) is 14.9 Å². The fraction of sp³-hybridized carbons (Fsp3) is 0.750. The van der Waals surface area contributed by atoms with E-state index in [0.29, 0.717) is 12.3 Å². The summed E-state index contributed by atoms with van der Waals surface area (Å²) in [5.74, 6) is -0.412. The fourth-order valence-corrected chi connectivity index (χ4v) is 3.36. The highest BCUT2D eigenvalue weighted by Crippen LogP contribution is 2.29. The maximum atomic E-state index is 11.6. The van der Waals surface area contributed by atoms with Crippen molar-refractivity contribution in [1.82, 2.24) is 10.6 Å². The van der Waals surface area contributed by atoms with Gasteiger partial charge in [-0.25, -0.2) is 0 Å². The molecule has 1 aliphatic heterocycles. The van der Waals surface area contributed by atoms with Crippen LogP contribution in [0, 0.1) is 11.8 Å². The standard InChI is InChI=1S/C16H28N2O3/c1-5-8-12-9-13(16(20)21)18-15(12)14(17-10(4)19)11(6-2)7-3/h5,8,11-15,18H,6-7,9H2,1-4H3,(H,17,19)(H,20,21)/b8-5+. The summed E-state index contributed by atoms with van der Waals surface area (Å²) in [4.78, 5) is 22.8. The molecule has 4 atom stereocenters. The van der Waals surface area contributed by atoms with Crippen molar-refractivity contribution in [2.75, 3.05) is 0 Å². The van der Waals surface area contributed by atoms with Crippen LogP contribution in [0.2, 0.25) is 0 Å². The molecule has 1 saturated heterocycles. The quantitative estimate of drug-likeness (QED) is 0.627. The van der Waals surface area contributed by atoms with Gasteiger partial charge in [0.05, 0.1) is 0 Å². The molecule has 21 heavy (non-hydrogen) atoms. The largest absolute Gasteiger partial charge is 0.480 e. The zero-order valence-electron chi connectivity index (χ0n) is 13.4. The van der Waals surface area contributed by atoms with Crippen LogP contribution in [0.3, 0.4) is 0 Å². The Hall–Kier alpha value is -1.36. The first-order valence-corrected chi connectivity index (χ1v) is 7.83. The van der Waals surface area contributed by atoms with E-state index in [-0.39, 0.29) is 23.9 Å². The molecule has 1 amide bonds. The number of hydrogen-bond acceptors (Lipinski definition) is 3. The summed E-state index contributed by atoms with van der Waals surface area (Å²) in [6.45, 7) is 7.67. The zero-order chi connectivity index (χ0) is 16.0. The lowest BCUT2D eigenvalue weighted by Gasteiger charge is -2.34. The summed E-state index contributed by atoms with van der Waals surface area (Å²) >= 11 is 0. The monoisotopic (exact) mass is 296 g/mol. The normalized spacial score (nSPS) is 27.2. The molecule has 0 aromatic heterocycles. The van der Waals surface area contributed by atoms with Crippen LogP contribution in [0.5, 0.6) is 0 Å². The third kappa shape index (κ3) is 4.56. The molecular weight excluding hydrogens is 268 g/mol. The van der Waals surface area contributed by atoms with Crippen LogP contribution in [-0.2, 0) is 9.59 Å². The zero-order valence-corrected chi connectivity index (χ0v) is 13.4. The summed E-state index contributed by atoms with van der Waals surface area (Å²) in [7, 11) is 0. The molecule has 1 aliphatic rings. The molecule has 5 heteroatoms. The van der Waals surface area contributed by atoms with Crippen molar-refractivity contribution >= 4 is 11.9 Å². The molecule has 0 radical (unpaired) electrons. The predicted molar refractivity (Wildman–Crippen MR) is 82.9 cm³/mol. The SMILES string of the molecule is C/C=C/C1CC(C(=O)O)NC1C(NC(C)=O)C(CC)CC. The number of rotatable bonds is 7. The van der Waals surface area contributed by atoms with Gasteiger partial charge in [0.15, 0.2) is 0 Å². The maximum Gasteiger partial charge on any atom is 0.320 e. The summed E-state index contributed by atoms with van der Waals surface area (Å²) in [6.07, 6.45) is 6.50. The van der Waals surface area contributed by atoms with E-state index in [1.54, 1.807) is 0 Å². The van der Waals surface area contributed by atoms with Crippen LogP contribution in [0.1, 0.15) is 47.0 Å². The Morgan fingerprint density at radius 2 is 2.00 bits per heavy atom. The van der Waals surface area contributed by atoms with E-state index < -0.39 is 12.0 Å². The Morgan fingerprint density at radius 3 is 2.43 bits per heavy atom. The highest BCUT2D eigenvalue weighted by atomic mass is 16.4. The van der Waals surface area contributed by atoms with Gasteiger partial charge in [-0.15, -0.1) is 0 Å². The van der Waals surface area contributed by atoms with Crippen molar-refractivity contribution in [3.05, 3.63) is 12.2 Å². The molecule has 0 spiro atoms. The summed E-state index contributed by atoms with van der Waals surface area (Å²) in [5, 5.41) is 15.5. The van der Waals surface area contributed by atoms with Gasteiger partial charge in [-0.2, -0.15) is 0 Å². The van der Waals surface area contributed by atoms with Crippen molar-refractivity contribution in [3.8, 4) is 0 Å². The molecule has 0 aromatic carbocycles.